The van der Waals surface area contributed by atoms with Crippen molar-refractivity contribution in [2.45, 2.75) is 37.3 Å². The molecule has 1 unspecified atom stereocenters. The Morgan fingerprint density at radius 2 is 1.89 bits per heavy atom. The molecule has 0 aliphatic carbocycles. The maximum Gasteiger partial charge on any atom is 0.242 e. The van der Waals surface area contributed by atoms with E-state index >= 15 is 0 Å². The minimum absolute atomic E-state index is 0.265. The molecule has 0 radical (unpaired) electrons. The molecule has 0 fully saturated rings. The average molecular weight is 330 g/mol. The summed E-state index contributed by atoms with van der Waals surface area (Å²) in [6.07, 6.45) is -0.946. The van der Waals surface area contributed by atoms with Crippen LogP contribution in [0.4, 0.5) is 4.39 Å². The molecule has 1 aromatic carbocycles. The fourth-order valence-corrected chi connectivity index (χ4v) is 3.42. The van der Waals surface area contributed by atoms with Gasteiger partial charge in [-0.1, -0.05) is 23.2 Å². The van der Waals surface area contributed by atoms with Crippen molar-refractivity contribution in [3.63, 3.8) is 0 Å². The van der Waals surface area contributed by atoms with Crippen LogP contribution in [0.2, 0.25) is 10.0 Å². The Hall–Kier alpha value is -0.400. The Balaban J connectivity index is 3.27. The van der Waals surface area contributed by atoms with Crippen LogP contribution in [0.1, 0.15) is 20.8 Å². The van der Waals surface area contributed by atoms with Gasteiger partial charge < -0.3 is 5.11 Å². The lowest BCUT2D eigenvalue weighted by Gasteiger charge is -2.29. The van der Waals surface area contributed by atoms with Crippen LogP contribution < -0.4 is 4.72 Å². The minimum atomic E-state index is -4.07. The molecular formula is C11H14Cl2FNO3S. The van der Waals surface area contributed by atoms with Crippen LogP contribution in [0.5, 0.6) is 0 Å². The second-order valence-corrected chi connectivity index (χ2v) is 7.11. The van der Waals surface area contributed by atoms with E-state index in [9.17, 15) is 17.9 Å². The Morgan fingerprint density at radius 3 is 2.37 bits per heavy atom. The third kappa shape index (κ3) is 3.58. The molecule has 0 aromatic heterocycles. The molecule has 0 saturated heterocycles. The lowest BCUT2D eigenvalue weighted by atomic mass is 10.0. The van der Waals surface area contributed by atoms with Gasteiger partial charge in [-0.05, 0) is 32.9 Å². The van der Waals surface area contributed by atoms with E-state index < -0.39 is 37.4 Å². The van der Waals surface area contributed by atoms with Gasteiger partial charge in [-0.25, -0.2) is 17.5 Å². The first-order valence-electron chi connectivity index (χ1n) is 5.34. The molecule has 0 saturated carbocycles. The summed E-state index contributed by atoms with van der Waals surface area (Å²) in [6.45, 7) is 4.43. The van der Waals surface area contributed by atoms with Crippen LogP contribution in [0, 0.1) is 5.82 Å². The summed E-state index contributed by atoms with van der Waals surface area (Å²) < 4.78 is 40.0. The van der Waals surface area contributed by atoms with Crippen LogP contribution >= 0.6 is 23.2 Å². The standard InChI is InChI=1S/C11H14Cl2FNO3S/c1-6(16)11(2,3)15-19(17,18)8-5-4-7(12)10(14)9(8)13/h4-6,15-16H,1-3H3. The number of aliphatic hydroxyl groups is 1. The number of nitrogens with one attached hydrogen (secondary N) is 1. The molecule has 0 spiro atoms. The molecule has 4 nitrogen and oxygen atoms in total. The van der Waals surface area contributed by atoms with Crippen molar-refractivity contribution >= 4 is 33.2 Å². The molecule has 1 rings (SSSR count). The summed E-state index contributed by atoms with van der Waals surface area (Å²) in [6, 6.07) is 2.21. The first-order chi connectivity index (χ1) is 8.49. The van der Waals surface area contributed by atoms with E-state index in [0.29, 0.717) is 0 Å². The van der Waals surface area contributed by atoms with Crippen molar-refractivity contribution in [3.05, 3.63) is 28.0 Å². The van der Waals surface area contributed by atoms with Crippen molar-refractivity contribution in [2.75, 3.05) is 0 Å². The van der Waals surface area contributed by atoms with Crippen LogP contribution in [-0.2, 0) is 10.0 Å². The van der Waals surface area contributed by atoms with Crippen LogP contribution in [0.25, 0.3) is 0 Å². The first-order valence-corrected chi connectivity index (χ1v) is 7.58. The predicted octanol–water partition coefficient (Wildman–Crippen LogP) is 2.57. The Bertz CT molecular complexity index is 588. The average Bonchev–Trinajstić information content (AvgIpc) is 2.23. The predicted molar refractivity (Wildman–Crippen MR) is 72.5 cm³/mol. The van der Waals surface area contributed by atoms with E-state index in [1.54, 1.807) is 0 Å². The van der Waals surface area contributed by atoms with Gasteiger partial charge in [-0.15, -0.1) is 0 Å². The van der Waals surface area contributed by atoms with Gasteiger partial charge in [0.25, 0.3) is 0 Å². The minimum Gasteiger partial charge on any atom is -0.391 e. The lowest BCUT2D eigenvalue weighted by molar-refractivity contribution is 0.111. The van der Waals surface area contributed by atoms with Gasteiger partial charge in [0, 0.05) is 0 Å². The first kappa shape index (κ1) is 16.7. The topological polar surface area (TPSA) is 66.4 Å². The molecule has 0 amide bonds. The number of rotatable bonds is 4. The van der Waals surface area contributed by atoms with Gasteiger partial charge >= 0.3 is 0 Å². The highest BCUT2D eigenvalue weighted by molar-refractivity contribution is 7.89. The third-order valence-electron chi connectivity index (χ3n) is 2.73. The molecule has 2 N–H and O–H groups in total. The SMILES string of the molecule is CC(O)C(C)(C)NS(=O)(=O)c1ccc(Cl)c(F)c1Cl. The van der Waals surface area contributed by atoms with E-state index in [1.165, 1.54) is 20.8 Å². The number of hydrogen-bond acceptors (Lipinski definition) is 3. The van der Waals surface area contributed by atoms with Gasteiger partial charge in [0.05, 0.1) is 21.7 Å². The van der Waals surface area contributed by atoms with E-state index in [0.717, 1.165) is 12.1 Å². The molecule has 19 heavy (non-hydrogen) atoms. The Labute approximate surface area is 121 Å². The molecule has 0 bridgehead atoms. The maximum atomic E-state index is 13.5. The quantitative estimate of drug-likeness (QED) is 0.834. The van der Waals surface area contributed by atoms with Crippen molar-refractivity contribution in [3.8, 4) is 0 Å². The molecule has 0 heterocycles. The summed E-state index contributed by atoms with van der Waals surface area (Å²) >= 11 is 11.2. The number of hydrogen-bond donors (Lipinski definition) is 2. The van der Waals surface area contributed by atoms with Gasteiger partial charge in [-0.3, -0.25) is 0 Å². The summed E-state index contributed by atoms with van der Waals surface area (Å²) in [5.41, 5.74) is -1.13. The maximum absolute atomic E-state index is 13.5. The smallest absolute Gasteiger partial charge is 0.242 e. The van der Waals surface area contributed by atoms with E-state index in [4.69, 9.17) is 23.2 Å². The van der Waals surface area contributed by atoms with Gasteiger partial charge in [0.1, 0.15) is 4.90 Å². The second kappa shape index (κ2) is 5.54. The molecule has 0 aliphatic rings. The molecule has 108 valence electrons. The van der Waals surface area contributed by atoms with Gasteiger partial charge in [-0.2, -0.15) is 0 Å². The van der Waals surface area contributed by atoms with Crippen molar-refractivity contribution < 1.29 is 17.9 Å². The summed E-state index contributed by atoms with van der Waals surface area (Å²) in [5, 5.41) is 8.66. The van der Waals surface area contributed by atoms with E-state index in [2.05, 4.69) is 4.72 Å². The normalized spacial score (nSPS) is 14.5. The van der Waals surface area contributed by atoms with Crippen molar-refractivity contribution in [2.24, 2.45) is 0 Å². The Morgan fingerprint density at radius 1 is 1.37 bits per heavy atom. The van der Waals surface area contributed by atoms with Crippen molar-refractivity contribution in [1.29, 1.82) is 0 Å². The molecule has 1 atom stereocenters. The lowest BCUT2D eigenvalue weighted by Crippen LogP contribution is -2.50. The molecular weight excluding hydrogens is 316 g/mol. The summed E-state index contributed by atoms with van der Waals surface area (Å²) in [5.74, 6) is -0.999. The highest BCUT2D eigenvalue weighted by Crippen LogP contribution is 2.30. The van der Waals surface area contributed by atoms with E-state index in [-0.39, 0.29) is 5.02 Å². The number of benzene rings is 1. The largest absolute Gasteiger partial charge is 0.391 e. The zero-order chi connectivity index (χ0) is 15.0. The van der Waals surface area contributed by atoms with Crippen molar-refractivity contribution in [1.82, 2.24) is 4.72 Å². The Kier molecular flexibility index (Phi) is 4.85. The molecule has 8 heteroatoms. The van der Waals surface area contributed by atoms with Crippen LogP contribution in [0.3, 0.4) is 0 Å². The fraction of sp³-hybridized carbons (Fsp3) is 0.455. The van der Waals surface area contributed by atoms with E-state index in [1.807, 2.05) is 0 Å². The second-order valence-electron chi connectivity index (χ2n) is 4.68. The van der Waals surface area contributed by atoms with Crippen LogP contribution in [-0.4, -0.2) is 25.2 Å². The summed E-state index contributed by atoms with van der Waals surface area (Å²) in [7, 11) is -4.07. The number of halogens is 3. The zero-order valence-electron chi connectivity index (χ0n) is 10.5. The highest BCUT2D eigenvalue weighted by atomic mass is 35.5. The monoisotopic (exact) mass is 329 g/mol. The zero-order valence-corrected chi connectivity index (χ0v) is 12.9. The molecule has 1 aromatic rings. The number of sulfonamides is 1. The fourth-order valence-electron chi connectivity index (χ4n) is 1.20. The molecule has 0 aliphatic heterocycles. The highest BCUT2D eigenvalue weighted by Gasteiger charge is 2.32. The van der Waals surface area contributed by atoms with Crippen LogP contribution in [0.15, 0.2) is 17.0 Å². The summed E-state index contributed by atoms with van der Waals surface area (Å²) in [4.78, 5) is -0.426. The van der Waals surface area contributed by atoms with Gasteiger partial charge in [0.15, 0.2) is 5.82 Å². The number of aliphatic hydroxyl groups excluding tert-OH is 1. The van der Waals surface area contributed by atoms with Gasteiger partial charge in [0.2, 0.25) is 10.0 Å². The third-order valence-corrected chi connectivity index (χ3v) is 5.22.